The molecule has 0 aromatic rings. The standard InChI is InChI=1S/C13H30N2O3/c1-4-17-10-8-15(9-11-18-5-2)7-6-13(3,16)12-14/h16H,4-12,14H2,1-3H3. The predicted molar refractivity (Wildman–Crippen MR) is 73.7 cm³/mol. The van der Waals surface area contributed by atoms with Crippen molar-refractivity contribution in [3.8, 4) is 0 Å². The summed E-state index contributed by atoms with van der Waals surface area (Å²) in [6.07, 6.45) is 0.668. The van der Waals surface area contributed by atoms with Crippen molar-refractivity contribution in [3.05, 3.63) is 0 Å². The second-order valence-electron chi connectivity index (χ2n) is 4.69. The number of rotatable bonds is 12. The molecule has 0 rings (SSSR count). The zero-order valence-corrected chi connectivity index (χ0v) is 12.2. The van der Waals surface area contributed by atoms with E-state index >= 15 is 0 Å². The molecule has 0 spiro atoms. The lowest BCUT2D eigenvalue weighted by Gasteiger charge is -2.27. The first-order chi connectivity index (χ1) is 8.55. The number of nitrogens with zero attached hydrogens (tertiary/aromatic N) is 1. The molecule has 0 fully saturated rings. The minimum Gasteiger partial charge on any atom is -0.389 e. The number of hydrogen-bond acceptors (Lipinski definition) is 5. The third-order valence-corrected chi connectivity index (χ3v) is 2.92. The van der Waals surface area contributed by atoms with Gasteiger partial charge in [0.2, 0.25) is 0 Å². The summed E-state index contributed by atoms with van der Waals surface area (Å²) in [4.78, 5) is 2.25. The van der Waals surface area contributed by atoms with Crippen LogP contribution in [0.5, 0.6) is 0 Å². The highest BCUT2D eigenvalue weighted by Gasteiger charge is 2.19. The van der Waals surface area contributed by atoms with Crippen molar-refractivity contribution in [3.63, 3.8) is 0 Å². The molecule has 1 unspecified atom stereocenters. The summed E-state index contributed by atoms with van der Waals surface area (Å²) < 4.78 is 10.7. The minimum atomic E-state index is -0.782. The first-order valence-corrected chi connectivity index (χ1v) is 6.86. The Morgan fingerprint density at radius 2 is 1.56 bits per heavy atom. The van der Waals surface area contributed by atoms with Crippen molar-refractivity contribution in [1.29, 1.82) is 0 Å². The van der Waals surface area contributed by atoms with Gasteiger partial charge >= 0.3 is 0 Å². The minimum absolute atomic E-state index is 0.289. The molecule has 1 atom stereocenters. The van der Waals surface area contributed by atoms with Gasteiger partial charge in [-0.1, -0.05) is 0 Å². The Labute approximate surface area is 111 Å². The molecule has 0 saturated heterocycles. The molecule has 0 heterocycles. The summed E-state index contributed by atoms with van der Waals surface area (Å²) in [7, 11) is 0. The Morgan fingerprint density at radius 3 is 1.94 bits per heavy atom. The van der Waals surface area contributed by atoms with Crippen molar-refractivity contribution in [2.75, 3.05) is 52.6 Å². The Balaban J connectivity index is 3.94. The molecule has 0 aliphatic carbocycles. The SMILES string of the molecule is CCOCCN(CCOCC)CCC(C)(O)CN. The first kappa shape index (κ1) is 17.8. The number of aliphatic hydroxyl groups is 1. The number of ether oxygens (including phenoxy) is 2. The molecular weight excluding hydrogens is 232 g/mol. The van der Waals surface area contributed by atoms with Crippen molar-refractivity contribution >= 4 is 0 Å². The smallest absolute Gasteiger partial charge is 0.0753 e. The second-order valence-corrected chi connectivity index (χ2v) is 4.69. The van der Waals surface area contributed by atoms with E-state index in [9.17, 15) is 5.11 Å². The predicted octanol–water partition coefficient (Wildman–Crippen LogP) is 0.461. The summed E-state index contributed by atoms with van der Waals surface area (Å²) in [6, 6.07) is 0. The molecular formula is C13H30N2O3. The molecule has 0 amide bonds. The number of hydrogen-bond donors (Lipinski definition) is 2. The maximum absolute atomic E-state index is 9.90. The van der Waals surface area contributed by atoms with E-state index in [1.165, 1.54) is 0 Å². The van der Waals surface area contributed by atoms with Gasteiger partial charge in [-0.3, -0.25) is 4.90 Å². The normalized spacial score (nSPS) is 15.0. The van der Waals surface area contributed by atoms with Crippen LogP contribution in [0.2, 0.25) is 0 Å². The molecule has 0 saturated carbocycles. The molecule has 5 nitrogen and oxygen atoms in total. The molecule has 0 bridgehead atoms. The molecule has 18 heavy (non-hydrogen) atoms. The van der Waals surface area contributed by atoms with Crippen LogP contribution >= 0.6 is 0 Å². The third kappa shape index (κ3) is 9.79. The van der Waals surface area contributed by atoms with Crippen LogP contribution in [0.1, 0.15) is 27.2 Å². The van der Waals surface area contributed by atoms with Gasteiger partial charge in [-0.25, -0.2) is 0 Å². The fraction of sp³-hybridized carbons (Fsp3) is 1.00. The second kappa shape index (κ2) is 10.7. The van der Waals surface area contributed by atoms with E-state index in [4.69, 9.17) is 15.2 Å². The first-order valence-electron chi connectivity index (χ1n) is 6.86. The maximum Gasteiger partial charge on any atom is 0.0753 e. The molecule has 0 aliphatic heterocycles. The van der Waals surface area contributed by atoms with Crippen LogP contribution in [0.4, 0.5) is 0 Å². The van der Waals surface area contributed by atoms with Crippen LogP contribution in [-0.4, -0.2) is 68.2 Å². The van der Waals surface area contributed by atoms with E-state index < -0.39 is 5.60 Å². The molecule has 110 valence electrons. The van der Waals surface area contributed by atoms with Crippen molar-refractivity contribution in [1.82, 2.24) is 4.90 Å². The lowest BCUT2D eigenvalue weighted by Crippen LogP contribution is -2.40. The van der Waals surface area contributed by atoms with Gasteiger partial charge in [0.05, 0.1) is 18.8 Å². The monoisotopic (exact) mass is 262 g/mol. The van der Waals surface area contributed by atoms with E-state index in [-0.39, 0.29) is 6.54 Å². The van der Waals surface area contributed by atoms with E-state index in [0.717, 1.165) is 32.8 Å². The Bertz CT molecular complexity index is 179. The molecule has 0 aromatic carbocycles. The Kier molecular flexibility index (Phi) is 10.6. The average molecular weight is 262 g/mol. The van der Waals surface area contributed by atoms with Crippen molar-refractivity contribution < 1.29 is 14.6 Å². The van der Waals surface area contributed by atoms with Gasteiger partial charge < -0.3 is 20.3 Å². The molecule has 5 heteroatoms. The van der Waals surface area contributed by atoms with E-state index in [1.54, 1.807) is 6.92 Å². The zero-order valence-electron chi connectivity index (χ0n) is 12.2. The average Bonchev–Trinajstić information content (AvgIpc) is 2.36. The topological polar surface area (TPSA) is 68.0 Å². The maximum atomic E-state index is 9.90. The van der Waals surface area contributed by atoms with Crippen molar-refractivity contribution in [2.24, 2.45) is 5.73 Å². The molecule has 0 radical (unpaired) electrons. The third-order valence-electron chi connectivity index (χ3n) is 2.92. The zero-order chi connectivity index (χ0) is 13.9. The summed E-state index contributed by atoms with van der Waals surface area (Å²) >= 11 is 0. The van der Waals surface area contributed by atoms with Crippen LogP contribution < -0.4 is 5.73 Å². The van der Waals surface area contributed by atoms with Crippen LogP contribution in [0, 0.1) is 0 Å². The van der Waals surface area contributed by atoms with Gasteiger partial charge in [-0.05, 0) is 27.2 Å². The fourth-order valence-corrected chi connectivity index (χ4v) is 1.51. The summed E-state index contributed by atoms with van der Waals surface area (Å²) in [5.74, 6) is 0. The number of nitrogens with two attached hydrogens (primary N) is 1. The highest BCUT2D eigenvalue weighted by atomic mass is 16.5. The van der Waals surface area contributed by atoms with Crippen LogP contribution in [0.15, 0.2) is 0 Å². The van der Waals surface area contributed by atoms with Gasteiger partial charge in [0.25, 0.3) is 0 Å². The highest BCUT2D eigenvalue weighted by Crippen LogP contribution is 2.08. The summed E-state index contributed by atoms with van der Waals surface area (Å²) in [5, 5.41) is 9.90. The van der Waals surface area contributed by atoms with E-state index in [1.807, 2.05) is 13.8 Å². The molecule has 3 N–H and O–H groups in total. The fourth-order valence-electron chi connectivity index (χ4n) is 1.51. The van der Waals surface area contributed by atoms with Gasteiger partial charge in [-0.15, -0.1) is 0 Å². The van der Waals surface area contributed by atoms with Crippen LogP contribution in [0.25, 0.3) is 0 Å². The molecule has 0 aromatic heterocycles. The van der Waals surface area contributed by atoms with Crippen LogP contribution in [-0.2, 0) is 9.47 Å². The Hall–Kier alpha value is -0.200. The largest absolute Gasteiger partial charge is 0.389 e. The van der Waals surface area contributed by atoms with E-state index in [0.29, 0.717) is 19.6 Å². The summed E-state index contributed by atoms with van der Waals surface area (Å²) in [5.41, 5.74) is 4.74. The lowest BCUT2D eigenvalue weighted by atomic mass is 10.0. The van der Waals surface area contributed by atoms with Gasteiger partial charge in [-0.2, -0.15) is 0 Å². The highest BCUT2D eigenvalue weighted by molar-refractivity contribution is 4.75. The van der Waals surface area contributed by atoms with Crippen LogP contribution in [0.3, 0.4) is 0 Å². The van der Waals surface area contributed by atoms with Crippen molar-refractivity contribution in [2.45, 2.75) is 32.8 Å². The van der Waals surface area contributed by atoms with Gasteiger partial charge in [0, 0.05) is 39.4 Å². The van der Waals surface area contributed by atoms with Gasteiger partial charge in [0.1, 0.15) is 0 Å². The summed E-state index contributed by atoms with van der Waals surface area (Å²) in [6.45, 7) is 11.5. The molecule has 0 aliphatic rings. The van der Waals surface area contributed by atoms with E-state index in [2.05, 4.69) is 4.90 Å². The quantitative estimate of drug-likeness (QED) is 0.500. The lowest BCUT2D eigenvalue weighted by molar-refractivity contribution is 0.0341. The van der Waals surface area contributed by atoms with Gasteiger partial charge in [0.15, 0.2) is 0 Å². The Morgan fingerprint density at radius 1 is 1.06 bits per heavy atom.